The predicted molar refractivity (Wildman–Crippen MR) is 80.3 cm³/mol. The number of amides is 1. The average Bonchev–Trinajstić information content (AvgIpc) is 2.86. The van der Waals surface area contributed by atoms with Crippen LogP contribution in [0.1, 0.15) is 12.8 Å². The van der Waals surface area contributed by atoms with Gasteiger partial charge in [0.2, 0.25) is 5.91 Å². The lowest BCUT2D eigenvalue weighted by molar-refractivity contribution is -0.117. The number of nitrogens with zero attached hydrogens (tertiary/aromatic N) is 1. The highest BCUT2D eigenvalue weighted by Crippen LogP contribution is 2.27. The third kappa shape index (κ3) is 3.62. The molecule has 6 heteroatoms. The molecule has 0 aliphatic carbocycles. The van der Waals surface area contributed by atoms with Crippen molar-refractivity contribution >= 4 is 23.2 Å². The van der Waals surface area contributed by atoms with Gasteiger partial charge in [-0.1, -0.05) is 11.6 Å². The lowest BCUT2D eigenvalue weighted by Crippen LogP contribution is -2.40. The Bertz CT molecular complexity index is 481. The Labute approximate surface area is 124 Å². The summed E-state index contributed by atoms with van der Waals surface area (Å²) < 4.78 is 5.21. The summed E-state index contributed by atoms with van der Waals surface area (Å²) in [7, 11) is 1.56. The van der Waals surface area contributed by atoms with Crippen molar-refractivity contribution < 1.29 is 9.53 Å². The van der Waals surface area contributed by atoms with Crippen molar-refractivity contribution in [3.05, 3.63) is 23.2 Å². The molecule has 0 bridgehead atoms. The Kier molecular flexibility index (Phi) is 5.23. The van der Waals surface area contributed by atoms with Crippen molar-refractivity contribution in [1.82, 2.24) is 4.90 Å². The predicted octanol–water partition coefficient (Wildman–Crippen LogP) is 1.71. The van der Waals surface area contributed by atoms with E-state index >= 15 is 0 Å². The summed E-state index contributed by atoms with van der Waals surface area (Å²) in [6, 6.07) is 5.45. The number of carbonyl (C=O) groups is 1. The van der Waals surface area contributed by atoms with Gasteiger partial charge in [0.15, 0.2) is 0 Å². The molecule has 0 aromatic heterocycles. The highest BCUT2D eigenvalue weighted by atomic mass is 35.5. The zero-order valence-corrected chi connectivity index (χ0v) is 12.3. The fourth-order valence-corrected chi connectivity index (χ4v) is 2.69. The third-order valence-electron chi connectivity index (χ3n) is 3.55. The van der Waals surface area contributed by atoms with Gasteiger partial charge in [-0.2, -0.15) is 0 Å². The van der Waals surface area contributed by atoms with Crippen LogP contribution in [-0.2, 0) is 4.79 Å². The highest BCUT2D eigenvalue weighted by molar-refractivity contribution is 6.31. The van der Waals surface area contributed by atoms with Gasteiger partial charge in [-0.3, -0.25) is 9.69 Å². The average molecular weight is 298 g/mol. The number of anilines is 1. The fraction of sp³-hybridized carbons (Fsp3) is 0.500. The second kappa shape index (κ2) is 6.92. The van der Waals surface area contributed by atoms with Crippen molar-refractivity contribution in [2.75, 3.05) is 32.1 Å². The number of likely N-dealkylation sites (tertiary alicyclic amines) is 1. The van der Waals surface area contributed by atoms with Gasteiger partial charge in [0.05, 0.1) is 19.3 Å². The molecule has 1 aliphatic rings. The van der Waals surface area contributed by atoms with Crippen LogP contribution in [0.15, 0.2) is 18.2 Å². The van der Waals surface area contributed by atoms with E-state index in [0.717, 1.165) is 19.4 Å². The number of halogens is 1. The van der Waals surface area contributed by atoms with E-state index in [-0.39, 0.29) is 5.91 Å². The van der Waals surface area contributed by atoms with Gasteiger partial charge in [0.25, 0.3) is 0 Å². The van der Waals surface area contributed by atoms with Crippen LogP contribution in [0.25, 0.3) is 0 Å². The number of hydrogen-bond donors (Lipinski definition) is 2. The number of hydrogen-bond acceptors (Lipinski definition) is 4. The maximum Gasteiger partial charge on any atom is 0.238 e. The summed E-state index contributed by atoms with van der Waals surface area (Å²) in [6.07, 6.45) is 2.15. The number of rotatable bonds is 5. The summed E-state index contributed by atoms with van der Waals surface area (Å²) in [5, 5.41) is 3.40. The van der Waals surface area contributed by atoms with E-state index in [4.69, 9.17) is 22.1 Å². The molecule has 1 aromatic rings. The molecule has 1 saturated heterocycles. The van der Waals surface area contributed by atoms with Crippen LogP contribution in [0.3, 0.4) is 0 Å². The molecule has 110 valence electrons. The lowest BCUT2D eigenvalue weighted by Gasteiger charge is -2.22. The second-order valence-corrected chi connectivity index (χ2v) is 5.33. The Morgan fingerprint density at radius 3 is 3.10 bits per heavy atom. The minimum atomic E-state index is -0.0779. The number of nitrogens with two attached hydrogens (primary N) is 1. The van der Waals surface area contributed by atoms with Crippen molar-refractivity contribution in [1.29, 1.82) is 0 Å². The largest absolute Gasteiger partial charge is 0.495 e. The number of methoxy groups -OCH3 is 1. The number of benzene rings is 1. The van der Waals surface area contributed by atoms with Crippen LogP contribution >= 0.6 is 11.6 Å². The van der Waals surface area contributed by atoms with E-state index in [2.05, 4.69) is 10.2 Å². The van der Waals surface area contributed by atoms with Crippen LogP contribution in [-0.4, -0.2) is 43.6 Å². The van der Waals surface area contributed by atoms with Crippen LogP contribution < -0.4 is 15.8 Å². The molecule has 20 heavy (non-hydrogen) atoms. The molecular weight excluding hydrogens is 278 g/mol. The van der Waals surface area contributed by atoms with E-state index in [0.29, 0.717) is 35.6 Å². The molecule has 2 rings (SSSR count). The Morgan fingerprint density at radius 1 is 1.60 bits per heavy atom. The standard InChI is InChI=1S/C14H20ClN3O2/c1-20-13-5-4-10(15)7-12(13)17-14(19)9-18-6-2-3-11(18)8-16/h4-5,7,11H,2-3,6,8-9,16H2,1H3,(H,17,19). The molecule has 1 fully saturated rings. The van der Waals surface area contributed by atoms with Crippen LogP contribution in [0, 0.1) is 0 Å². The van der Waals surface area contributed by atoms with Crippen molar-refractivity contribution in [2.24, 2.45) is 5.73 Å². The van der Waals surface area contributed by atoms with Crippen molar-refractivity contribution in [3.8, 4) is 5.75 Å². The summed E-state index contributed by atoms with van der Waals surface area (Å²) in [6.45, 7) is 1.85. The molecule has 1 aromatic carbocycles. The molecule has 0 radical (unpaired) electrons. The lowest BCUT2D eigenvalue weighted by atomic mass is 10.2. The van der Waals surface area contributed by atoms with E-state index in [1.807, 2.05) is 0 Å². The summed E-state index contributed by atoms with van der Waals surface area (Å²) >= 11 is 5.94. The fourth-order valence-electron chi connectivity index (χ4n) is 2.52. The van der Waals surface area contributed by atoms with E-state index in [1.54, 1.807) is 25.3 Å². The van der Waals surface area contributed by atoms with Gasteiger partial charge in [-0.15, -0.1) is 0 Å². The first kappa shape index (κ1) is 15.1. The Morgan fingerprint density at radius 2 is 2.40 bits per heavy atom. The normalized spacial score (nSPS) is 19.1. The maximum absolute atomic E-state index is 12.1. The molecule has 1 unspecified atom stereocenters. The topological polar surface area (TPSA) is 67.6 Å². The summed E-state index contributed by atoms with van der Waals surface area (Å²) in [5.74, 6) is 0.519. The minimum Gasteiger partial charge on any atom is -0.495 e. The SMILES string of the molecule is COc1ccc(Cl)cc1NC(=O)CN1CCCC1CN. The first-order valence-electron chi connectivity index (χ1n) is 6.71. The van der Waals surface area contributed by atoms with Crippen molar-refractivity contribution in [2.45, 2.75) is 18.9 Å². The molecule has 1 atom stereocenters. The molecule has 1 amide bonds. The molecule has 1 aliphatic heterocycles. The van der Waals surface area contributed by atoms with Gasteiger partial charge in [-0.05, 0) is 37.6 Å². The number of nitrogens with one attached hydrogen (secondary N) is 1. The third-order valence-corrected chi connectivity index (χ3v) is 3.79. The van der Waals surface area contributed by atoms with Gasteiger partial charge in [-0.25, -0.2) is 0 Å². The Balaban J connectivity index is 1.99. The van der Waals surface area contributed by atoms with Crippen molar-refractivity contribution in [3.63, 3.8) is 0 Å². The minimum absolute atomic E-state index is 0.0779. The van der Waals surface area contributed by atoms with Crippen LogP contribution in [0.2, 0.25) is 5.02 Å². The molecule has 5 nitrogen and oxygen atoms in total. The van der Waals surface area contributed by atoms with Gasteiger partial charge >= 0.3 is 0 Å². The molecule has 0 spiro atoms. The smallest absolute Gasteiger partial charge is 0.238 e. The van der Waals surface area contributed by atoms with Crippen LogP contribution in [0.5, 0.6) is 5.75 Å². The second-order valence-electron chi connectivity index (χ2n) is 4.90. The Hall–Kier alpha value is -1.30. The molecular formula is C14H20ClN3O2. The zero-order chi connectivity index (χ0) is 14.5. The van der Waals surface area contributed by atoms with E-state index < -0.39 is 0 Å². The quantitative estimate of drug-likeness (QED) is 0.868. The van der Waals surface area contributed by atoms with E-state index in [1.165, 1.54) is 0 Å². The number of carbonyl (C=O) groups excluding carboxylic acids is 1. The van der Waals surface area contributed by atoms with Gasteiger partial charge < -0.3 is 15.8 Å². The maximum atomic E-state index is 12.1. The molecule has 0 saturated carbocycles. The molecule has 3 N–H and O–H groups in total. The highest BCUT2D eigenvalue weighted by Gasteiger charge is 2.25. The molecule has 1 heterocycles. The zero-order valence-electron chi connectivity index (χ0n) is 11.6. The first-order valence-corrected chi connectivity index (χ1v) is 7.09. The summed E-state index contributed by atoms with van der Waals surface area (Å²) in [5.41, 5.74) is 6.30. The van der Waals surface area contributed by atoms with Gasteiger partial charge in [0.1, 0.15) is 5.75 Å². The monoisotopic (exact) mass is 297 g/mol. The van der Waals surface area contributed by atoms with Gasteiger partial charge in [0, 0.05) is 17.6 Å². The van der Waals surface area contributed by atoms with Crippen LogP contribution in [0.4, 0.5) is 5.69 Å². The van der Waals surface area contributed by atoms with E-state index in [9.17, 15) is 4.79 Å². The first-order chi connectivity index (χ1) is 9.63. The summed E-state index contributed by atoms with van der Waals surface area (Å²) in [4.78, 5) is 14.2. The number of ether oxygens (including phenoxy) is 1.